The number of thioether (sulfide) groups is 1. The predicted molar refractivity (Wildman–Crippen MR) is 129 cm³/mol. The molecule has 4 aromatic rings. The first-order valence-corrected chi connectivity index (χ1v) is 12.1. The van der Waals surface area contributed by atoms with Crippen LogP contribution in [-0.4, -0.2) is 26.2 Å². The molecule has 8 heteroatoms. The Morgan fingerprint density at radius 2 is 2.10 bits per heavy atom. The standard InChI is InChI=1S/C23H24N4O2S2/c1-4-5-11-27-22(29)20-19(16-7-6-10-24-21(16)31-20)26-23(27)30-13-18(28)25-17-12-14(2)8-9-15(17)3/h6-10,12H,4-5,11,13H2,1-3H3,(H,25,28). The van der Waals surface area contributed by atoms with Gasteiger partial charge in [-0.1, -0.05) is 37.2 Å². The van der Waals surface area contributed by atoms with E-state index in [9.17, 15) is 9.59 Å². The summed E-state index contributed by atoms with van der Waals surface area (Å²) >= 11 is 2.68. The van der Waals surface area contributed by atoms with Gasteiger partial charge < -0.3 is 5.32 Å². The van der Waals surface area contributed by atoms with Crippen LogP contribution in [0.5, 0.6) is 0 Å². The van der Waals surface area contributed by atoms with Crippen molar-refractivity contribution in [2.75, 3.05) is 11.1 Å². The van der Waals surface area contributed by atoms with Crippen LogP contribution in [0.25, 0.3) is 20.4 Å². The Bertz CT molecular complexity index is 1330. The minimum absolute atomic E-state index is 0.0566. The summed E-state index contributed by atoms with van der Waals surface area (Å²) in [5.74, 6) is 0.0598. The Labute approximate surface area is 188 Å². The summed E-state index contributed by atoms with van der Waals surface area (Å²) in [6, 6.07) is 9.76. The first-order valence-electron chi connectivity index (χ1n) is 10.3. The van der Waals surface area contributed by atoms with E-state index in [1.165, 1.54) is 23.1 Å². The number of pyridine rings is 1. The van der Waals surface area contributed by atoms with Crippen molar-refractivity contribution in [1.82, 2.24) is 14.5 Å². The zero-order valence-electron chi connectivity index (χ0n) is 17.8. The molecule has 0 aliphatic carbocycles. The number of fused-ring (bicyclic) bond motifs is 3. The lowest BCUT2D eigenvalue weighted by atomic mass is 10.1. The van der Waals surface area contributed by atoms with E-state index in [0.29, 0.717) is 21.9 Å². The number of nitrogens with zero attached hydrogens (tertiary/aromatic N) is 3. The van der Waals surface area contributed by atoms with Crippen LogP contribution in [0.15, 0.2) is 46.5 Å². The number of rotatable bonds is 7. The largest absolute Gasteiger partial charge is 0.325 e. The smallest absolute Gasteiger partial charge is 0.272 e. The number of amides is 1. The molecule has 4 rings (SSSR count). The lowest BCUT2D eigenvalue weighted by Gasteiger charge is -2.12. The van der Waals surface area contributed by atoms with Crippen LogP contribution in [0.3, 0.4) is 0 Å². The molecule has 0 saturated carbocycles. The van der Waals surface area contributed by atoms with Gasteiger partial charge in [-0.25, -0.2) is 9.97 Å². The summed E-state index contributed by atoms with van der Waals surface area (Å²) in [5, 5.41) is 4.43. The van der Waals surface area contributed by atoms with Gasteiger partial charge in [-0.3, -0.25) is 14.2 Å². The van der Waals surface area contributed by atoms with Crippen LogP contribution in [0.1, 0.15) is 30.9 Å². The third kappa shape index (κ3) is 4.50. The van der Waals surface area contributed by atoms with Crippen molar-refractivity contribution in [3.63, 3.8) is 0 Å². The molecule has 3 aromatic heterocycles. The highest BCUT2D eigenvalue weighted by molar-refractivity contribution is 7.99. The number of nitrogens with one attached hydrogen (secondary N) is 1. The van der Waals surface area contributed by atoms with Gasteiger partial charge in [-0.2, -0.15) is 0 Å². The summed E-state index contributed by atoms with van der Waals surface area (Å²) < 4.78 is 2.32. The number of aromatic nitrogens is 3. The Morgan fingerprint density at radius 1 is 1.26 bits per heavy atom. The molecule has 0 bridgehead atoms. The van der Waals surface area contributed by atoms with E-state index in [2.05, 4.69) is 17.2 Å². The van der Waals surface area contributed by atoms with Gasteiger partial charge in [-0.05, 0) is 49.6 Å². The Kier molecular flexibility index (Phi) is 6.38. The van der Waals surface area contributed by atoms with Crippen LogP contribution < -0.4 is 10.9 Å². The molecule has 160 valence electrons. The second-order valence-electron chi connectivity index (χ2n) is 7.50. The first kappa shape index (κ1) is 21.5. The fraction of sp³-hybridized carbons (Fsp3) is 0.304. The Balaban J connectivity index is 1.65. The third-order valence-electron chi connectivity index (χ3n) is 5.05. The third-order valence-corrected chi connectivity index (χ3v) is 7.12. The maximum atomic E-state index is 13.2. The Morgan fingerprint density at radius 3 is 2.90 bits per heavy atom. The second kappa shape index (κ2) is 9.20. The number of thiophene rings is 1. The van der Waals surface area contributed by atoms with Gasteiger partial charge in [0.15, 0.2) is 5.16 Å². The number of unbranched alkanes of at least 4 members (excludes halogenated alkanes) is 1. The number of benzene rings is 1. The first-order chi connectivity index (χ1) is 15.0. The highest BCUT2D eigenvalue weighted by Gasteiger charge is 2.17. The molecule has 0 atom stereocenters. The van der Waals surface area contributed by atoms with Crippen molar-refractivity contribution in [3.05, 3.63) is 58.0 Å². The van der Waals surface area contributed by atoms with E-state index >= 15 is 0 Å². The molecule has 6 nitrogen and oxygen atoms in total. The number of hydrogen-bond donors (Lipinski definition) is 1. The molecule has 0 spiro atoms. The number of carbonyl (C=O) groups excluding carboxylic acids is 1. The van der Waals surface area contributed by atoms with Gasteiger partial charge in [0, 0.05) is 23.8 Å². The summed E-state index contributed by atoms with van der Waals surface area (Å²) in [6.07, 6.45) is 3.56. The van der Waals surface area contributed by atoms with E-state index in [4.69, 9.17) is 4.98 Å². The molecule has 1 N–H and O–H groups in total. The van der Waals surface area contributed by atoms with Gasteiger partial charge in [0.2, 0.25) is 5.91 Å². The van der Waals surface area contributed by atoms with Crippen molar-refractivity contribution >= 4 is 55.1 Å². The van der Waals surface area contributed by atoms with E-state index < -0.39 is 0 Å². The van der Waals surface area contributed by atoms with Crippen molar-refractivity contribution in [2.24, 2.45) is 0 Å². The van der Waals surface area contributed by atoms with Gasteiger partial charge in [-0.15, -0.1) is 11.3 Å². The second-order valence-corrected chi connectivity index (χ2v) is 9.44. The zero-order valence-corrected chi connectivity index (χ0v) is 19.4. The van der Waals surface area contributed by atoms with Crippen LogP contribution in [0.4, 0.5) is 5.69 Å². The van der Waals surface area contributed by atoms with Crippen LogP contribution in [-0.2, 0) is 11.3 Å². The molecule has 0 aliphatic rings. The maximum absolute atomic E-state index is 13.2. The highest BCUT2D eigenvalue weighted by Crippen LogP contribution is 2.30. The molecule has 0 aliphatic heterocycles. The predicted octanol–water partition coefficient (Wildman–Crippen LogP) is 5.15. The van der Waals surface area contributed by atoms with Gasteiger partial charge in [0.1, 0.15) is 9.53 Å². The van der Waals surface area contributed by atoms with Crippen molar-refractivity contribution in [3.8, 4) is 0 Å². The monoisotopic (exact) mass is 452 g/mol. The SMILES string of the molecule is CCCCn1c(SCC(=O)Nc2cc(C)ccc2C)nc2c(sc3ncccc32)c1=O. The lowest BCUT2D eigenvalue weighted by molar-refractivity contribution is -0.113. The van der Waals surface area contributed by atoms with Crippen LogP contribution in [0.2, 0.25) is 0 Å². The summed E-state index contributed by atoms with van der Waals surface area (Å²) in [5.41, 5.74) is 3.53. The fourth-order valence-corrected chi connectivity index (χ4v) is 5.20. The molecule has 0 radical (unpaired) electrons. The van der Waals surface area contributed by atoms with Crippen molar-refractivity contribution < 1.29 is 4.79 Å². The van der Waals surface area contributed by atoms with E-state index in [0.717, 1.165) is 39.9 Å². The summed E-state index contributed by atoms with van der Waals surface area (Å²) in [4.78, 5) is 35.9. The summed E-state index contributed by atoms with van der Waals surface area (Å²) in [6.45, 7) is 6.64. The van der Waals surface area contributed by atoms with Gasteiger partial charge in [0.25, 0.3) is 5.56 Å². The topological polar surface area (TPSA) is 76.9 Å². The number of hydrogen-bond acceptors (Lipinski definition) is 6. The molecule has 1 amide bonds. The minimum atomic E-state index is -0.119. The van der Waals surface area contributed by atoms with Crippen LogP contribution in [0, 0.1) is 13.8 Å². The maximum Gasteiger partial charge on any atom is 0.272 e. The van der Waals surface area contributed by atoms with Gasteiger partial charge >= 0.3 is 0 Å². The molecule has 31 heavy (non-hydrogen) atoms. The molecular weight excluding hydrogens is 428 g/mol. The quantitative estimate of drug-likeness (QED) is 0.310. The van der Waals surface area contributed by atoms with E-state index in [1.54, 1.807) is 10.8 Å². The fourth-order valence-electron chi connectivity index (χ4n) is 3.35. The molecule has 3 heterocycles. The lowest BCUT2D eigenvalue weighted by Crippen LogP contribution is -2.23. The summed E-state index contributed by atoms with van der Waals surface area (Å²) in [7, 11) is 0. The number of aryl methyl sites for hydroxylation is 2. The Hall–Kier alpha value is -2.71. The van der Waals surface area contributed by atoms with Gasteiger partial charge in [0.05, 0.1) is 11.3 Å². The normalized spacial score (nSPS) is 11.3. The average Bonchev–Trinajstić information content (AvgIpc) is 3.13. The molecule has 0 fully saturated rings. The number of carbonyl (C=O) groups is 1. The van der Waals surface area contributed by atoms with Crippen LogP contribution >= 0.6 is 23.1 Å². The zero-order chi connectivity index (χ0) is 22.0. The average molecular weight is 453 g/mol. The molecule has 1 aromatic carbocycles. The van der Waals surface area contributed by atoms with E-state index in [-0.39, 0.29) is 17.2 Å². The molecular formula is C23H24N4O2S2. The van der Waals surface area contributed by atoms with Crippen molar-refractivity contribution in [2.45, 2.75) is 45.3 Å². The minimum Gasteiger partial charge on any atom is -0.325 e. The van der Waals surface area contributed by atoms with E-state index in [1.807, 2.05) is 44.2 Å². The van der Waals surface area contributed by atoms with Crippen molar-refractivity contribution in [1.29, 1.82) is 0 Å². The molecule has 0 unspecified atom stereocenters. The molecule has 0 saturated heterocycles. The number of anilines is 1. The highest BCUT2D eigenvalue weighted by atomic mass is 32.2.